The Bertz CT molecular complexity index is 4500. The van der Waals surface area contributed by atoms with E-state index in [9.17, 15) is 5.11 Å². The van der Waals surface area contributed by atoms with Crippen LogP contribution in [0.1, 0.15) is 132 Å². The molecule has 0 spiro atoms. The number of phenolic OH excluding ortho intramolecular Hbond substituents is 1. The highest BCUT2D eigenvalue weighted by atomic mass is 16.3. The number of fused-ring (bicyclic) bond motifs is 4. The second-order valence-corrected chi connectivity index (χ2v) is 28.6. The topological polar surface area (TPSA) is 55.9 Å². The maximum atomic E-state index is 13.0. The van der Waals surface area contributed by atoms with E-state index in [-0.39, 0.29) is 32.8 Å². The smallest absolute Gasteiger partial charge is 0.149 e. The first kappa shape index (κ1) is 56.7. The molecule has 0 bridgehead atoms. The van der Waals surface area contributed by atoms with Crippen LogP contribution < -0.4 is 0 Å². The summed E-state index contributed by atoms with van der Waals surface area (Å²) in [6, 6.07) is 73.3. The zero-order chi connectivity index (χ0) is 60.1. The molecule has 0 amide bonds. The van der Waals surface area contributed by atoms with Crippen LogP contribution in [0.2, 0.25) is 0 Å². The molecule has 0 unspecified atom stereocenters. The summed E-state index contributed by atoms with van der Waals surface area (Å²) in [6.07, 6.45) is 1.95. The fraction of sp³-hybridized carbons (Fsp3) is 0.250. The molecule has 0 radical (unpaired) electrons. The van der Waals surface area contributed by atoms with Crippen LogP contribution in [0.3, 0.4) is 0 Å². The molecule has 0 fully saturated rings. The lowest BCUT2D eigenvalue weighted by molar-refractivity contribution is 0.446. The van der Waals surface area contributed by atoms with Gasteiger partial charge in [0.15, 0.2) is 0 Å². The fourth-order valence-corrected chi connectivity index (χ4v) is 12.2. The normalized spacial score (nSPS) is 12.7. The highest BCUT2D eigenvalue weighted by Crippen LogP contribution is 2.48. The Kier molecular flexibility index (Phi) is 13.8. The minimum atomic E-state index is -0.370. The molecule has 9 aromatic carbocycles. The zero-order valence-corrected chi connectivity index (χ0v) is 52.4. The van der Waals surface area contributed by atoms with Crippen LogP contribution in [0.5, 0.6) is 5.75 Å². The Morgan fingerprint density at radius 2 is 0.918 bits per heavy atom. The molecule has 85 heavy (non-hydrogen) atoms. The maximum absolute atomic E-state index is 13.0. The van der Waals surface area contributed by atoms with Crippen molar-refractivity contribution in [1.29, 1.82) is 0 Å². The number of imidazole rings is 1. The van der Waals surface area contributed by atoms with Gasteiger partial charge in [0.05, 0.1) is 33.3 Å². The number of hydrogen-bond donors (Lipinski definition) is 1. The average Bonchev–Trinajstić information content (AvgIpc) is 1.84. The van der Waals surface area contributed by atoms with Crippen molar-refractivity contribution in [3.8, 4) is 84.3 Å². The van der Waals surface area contributed by atoms with E-state index < -0.39 is 0 Å². The lowest BCUT2D eigenvalue weighted by atomic mass is 9.78. The van der Waals surface area contributed by atoms with Crippen LogP contribution in [0.25, 0.3) is 111 Å². The van der Waals surface area contributed by atoms with Crippen LogP contribution in [-0.2, 0) is 27.1 Å². The maximum Gasteiger partial charge on any atom is 0.149 e. The quantitative estimate of drug-likeness (QED) is 0.165. The number of pyridine rings is 1. The van der Waals surface area contributed by atoms with Gasteiger partial charge in [-0.15, -0.1) is 0 Å². The van der Waals surface area contributed by atoms with Crippen molar-refractivity contribution in [1.82, 2.24) is 19.1 Å². The summed E-state index contributed by atoms with van der Waals surface area (Å²) < 4.78 is 4.76. The predicted octanol–water partition coefficient (Wildman–Crippen LogP) is 21.7. The van der Waals surface area contributed by atoms with Crippen molar-refractivity contribution in [2.45, 2.75) is 131 Å². The molecule has 3 aromatic heterocycles. The second-order valence-electron chi connectivity index (χ2n) is 28.6. The third-order valence-corrected chi connectivity index (χ3v) is 17.2. The number of rotatable bonds is 8. The molecule has 5 heteroatoms. The summed E-state index contributed by atoms with van der Waals surface area (Å²) in [6.45, 7) is 34.0. The number of para-hydroxylation sites is 3. The van der Waals surface area contributed by atoms with Gasteiger partial charge in [-0.3, -0.25) is 9.55 Å². The standard InChI is InChI=1S/C80H80N4O/c1-76(2,3)55-36-37-61(50-26-18-16-19-27-50)65(47-55)54-41-66(51-28-24-29-53(40-51)69-42-52(38-39-81-69)62-33-25-34-64-63-32-22-23-35-70(63)83(73(62)64)59-30-20-17-21-31-59)72-71(43-54)84(60-45-56(77(4,5)6)44-57(46-60)78(7,8)9)75(82-72)67-48-58(79(10,11)12)49-68(74(67)85)80(13,14)15/h16-49,85H,1-15H3. The summed E-state index contributed by atoms with van der Waals surface area (Å²) in [4.78, 5) is 11.1. The summed E-state index contributed by atoms with van der Waals surface area (Å²) in [7, 11) is 0. The first-order chi connectivity index (χ1) is 40.2. The Balaban J connectivity index is 1.17. The minimum absolute atomic E-state index is 0.123. The van der Waals surface area contributed by atoms with Gasteiger partial charge >= 0.3 is 0 Å². The first-order valence-electron chi connectivity index (χ1n) is 30.2. The van der Waals surface area contributed by atoms with E-state index in [1.807, 2.05) is 6.20 Å². The van der Waals surface area contributed by atoms with Gasteiger partial charge < -0.3 is 9.67 Å². The van der Waals surface area contributed by atoms with Crippen LogP contribution in [-0.4, -0.2) is 24.2 Å². The molecule has 1 N–H and O–H groups in total. The van der Waals surface area contributed by atoms with Gasteiger partial charge in [-0.1, -0.05) is 231 Å². The van der Waals surface area contributed by atoms with Crippen LogP contribution >= 0.6 is 0 Å². The minimum Gasteiger partial charge on any atom is -0.507 e. The van der Waals surface area contributed by atoms with Gasteiger partial charge in [-0.25, -0.2) is 4.98 Å². The number of benzene rings is 9. The predicted molar refractivity (Wildman–Crippen MR) is 361 cm³/mol. The molecule has 426 valence electrons. The van der Waals surface area contributed by atoms with Gasteiger partial charge in [0.2, 0.25) is 0 Å². The Morgan fingerprint density at radius 3 is 1.59 bits per heavy atom. The molecule has 12 rings (SSSR count). The number of hydrogen-bond acceptors (Lipinski definition) is 3. The monoisotopic (exact) mass is 1110 g/mol. The third kappa shape index (κ3) is 10.6. The molecule has 0 saturated heterocycles. The van der Waals surface area contributed by atoms with Crippen molar-refractivity contribution in [2.75, 3.05) is 0 Å². The molecular formula is C80H80N4O. The van der Waals surface area contributed by atoms with Crippen LogP contribution in [0, 0.1) is 0 Å². The van der Waals surface area contributed by atoms with E-state index in [1.54, 1.807) is 0 Å². The van der Waals surface area contributed by atoms with Crippen molar-refractivity contribution in [2.24, 2.45) is 0 Å². The van der Waals surface area contributed by atoms with E-state index in [4.69, 9.17) is 9.97 Å². The molecule has 12 aromatic rings. The Labute approximate surface area is 503 Å². The summed E-state index contributed by atoms with van der Waals surface area (Å²) in [5, 5.41) is 15.4. The highest BCUT2D eigenvalue weighted by molar-refractivity contribution is 6.14. The number of aromatic hydroxyl groups is 1. The van der Waals surface area contributed by atoms with Crippen LogP contribution in [0.4, 0.5) is 0 Å². The number of aromatic nitrogens is 4. The number of phenols is 1. The SMILES string of the molecule is CC(C)(C)c1cc(-n2c(-c3cc(C(C)(C)C)cc(C(C)(C)C)c3O)nc3c(-c4cccc(-c5cc(-c6cccc7c8ccccc8n(-c8ccccc8)c67)ccn5)c4)cc(-c4cc(C(C)(C)C)ccc4-c4ccccc4)cc32)cc(C(C)(C)C)c1. The number of nitrogens with zero attached hydrogens (tertiary/aromatic N) is 4. The molecule has 3 heterocycles. The summed E-state index contributed by atoms with van der Waals surface area (Å²) in [5.74, 6) is 0.937. The van der Waals surface area contributed by atoms with Crippen molar-refractivity contribution < 1.29 is 5.11 Å². The van der Waals surface area contributed by atoms with Gasteiger partial charge in [0, 0.05) is 50.6 Å². The highest BCUT2D eigenvalue weighted by Gasteiger charge is 2.31. The van der Waals surface area contributed by atoms with Gasteiger partial charge in [-0.05, 0) is 156 Å². The second kappa shape index (κ2) is 20.8. The molecular weight excluding hydrogens is 1030 g/mol. The third-order valence-electron chi connectivity index (χ3n) is 17.2. The molecule has 0 aliphatic carbocycles. The van der Waals surface area contributed by atoms with Gasteiger partial charge in [0.25, 0.3) is 0 Å². The zero-order valence-electron chi connectivity index (χ0n) is 52.4. The average molecular weight is 1110 g/mol. The van der Waals surface area contributed by atoms with Gasteiger partial charge in [-0.2, -0.15) is 0 Å². The van der Waals surface area contributed by atoms with Crippen molar-refractivity contribution in [3.63, 3.8) is 0 Å². The summed E-state index contributed by atoms with van der Waals surface area (Å²) >= 11 is 0. The molecule has 0 saturated carbocycles. The lowest BCUT2D eigenvalue weighted by Crippen LogP contribution is -2.18. The Hall–Kier alpha value is -8.80. The van der Waals surface area contributed by atoms with E-state index in [2.05, 4.69) is 313 Å². The van der Waals surface area contributed by atoms with E-state index in [1.165, 1.54) is 33.0 Å². The molecule has 0 atom stereocenters. The van der Waals surface area contributed by atoms with Crippen molar-refractivity contribution in [3.05, 3.63) is 234 Å². The summed E-state index contributed by atoms with van der Waals surface area (Å²) in [5.41, 5.74) is 22.2. The van der Waals surface area contributed by atoms with Crippen molar-refractivity contribution >= 4 is 32.8 Å². The van der Waals surface area contributed by atoms with Crippen LogP contribution in [0.15, 0.2) is 206 Å². The first-order valence-corrected chi connectivity index (χ1v) is 30.2. The molecule has 0 aliphatic heterocycles. The van der Waals surface area contributed by atoms with E-state index in [0.29, 0.717) is 11.4 Å². The van der Waals surface area contributed by atoms with E-state index >= 15 is 0 Å². The van der Waals surface area contributed by atoms with Gasteiger partial charge in [0.1, 0.15) is 11.6 Å². The fourth-order valence-electron chi connectivity index (χ4n) is 12.2. The van der Waals surface area contributed by atoms with E-state index in [0.717, 1.165) is 94.8 Å². The largest absolute Gasteiger partial charge is 0.507 e. The molecule has 5 nitrogen and oxygen atoms in total. The molecule has 0 aliphatic rings. The lowest BCUT2D eigenvalue weighted by Gasteiger charge is -2.28. The Morgan fingerprint density at radius 1 is 0.341 bits per heavy atom.